The van der Waals surface area contributed by atoms with Crippen molar-refractivity contribution in [3.8, 4) is 5.75 Å². The molecule has 1 aromatic carbocycles. The van der Waals surface area contributed by atoms with Crippen LogP contribution in [0.5, 0.6) is 5.75 Å². The van der Waals surface area contributed by atoms with Gasteiger partial charge in [0.05, 0.1) is 24.9 Å². The predicted octanol–water partition coefficient (Wildman–Crippen LogP) is 2.51. The number of ether oxygens (including phenoxy) is 4. The molecule has 3 unspecified atom stereocenters. The van der Waals surface area contributed by atoms with Gasteiger partial charge in [-0.05, 0) is 38.0 Å². The molecule has 0 aliphatic carbocycles. The molecule has 0 bridgehead atoms. The lowest BCUT2D eigenvalue weighted by Gasteiger charge is -2.27. The lowest BCUT2D eigenvalue weighted by molar-refractivity contribution is -0.162. The topological polar surface area (TPSA) is 87.2 Å². The van der Waals surface area contributed by atoms with Gasteiger partial charge in [-0.15, -0.1) is 11.3 Å². The standard InChI is InChI=1S/C21H26N2O6S/c1-13(9-15-5-7-16(8-6-15)28-11-19(24)26-3)23-10-18(17-12-30-14(2)22-17)29-20(23)21(25)27-4/h5-8,12-13,18,20H,9-11H2,1-4H3. The van der Waals surface area contributed by atoms with E-state index < -0.39 is 18.2 Å². The molecule has 1 fully saturated rings. The van der Waals surface area contributed by atoms with Crippen molar-refractivity contribution < 1.29 is 28.5 Å². The summed E-state index contributed by atoms with van der Waals surface area (Å²) in [6, 6.07) is 7.53. The van der Waals surface area contributed by atoms with E-state index in [0.717, 1.165) is 16.3 Å². The Morgan fingerprint density at radius 1 is 1.27 bits per heavy atom. The highest BCUT2D eigenvalue weighted by Gasteiger charge is 2.42. The van der Waals surface area contributed by atoms with Gasteiger partial charge in [0.25, 0.3) is 0 Å². The Morgan fingerprint density at radius 3 is 2.60 bits per heavy atom. The minimum Gasteiger partial charge on any atom is -0.482 e. The van der Waals surface area contributed by atoms with Gasteiger partial charge in [0.15, 0.2) is 6.61 Å². The summed E-state index contributed by atoms with van der Waals surface area (Å²) in [7, 11) is 2.68. The van der Waals surface area contributed by atoms with Gasteiger partial charge in [0, 0.05) is 18.0 Å². The van der Waals surface area contributed by atoms with Crippen LogP contribution in [0.3, 0.4) is 0 Å². The van der Waals surface area contributed by atoms with Crippen molar-refractivity contribution in [3.63, 3.8) is 0 Å². The zero-order valence-corrected chi connectivity index (χ0v) is 18.3. The number of methoxy groups -OCH3 is 2. The van der Waals surface area contributed by atoms with Gasteiger partial charge < -0.3 is 18.9 Å². The maximum absolute atomic E-state index is 12.3. The summed E-state index contributed by atoms with van der Waals surface area (Å²) in [4.78, 5) is 30.0. The first-order chi connectivity index (χ1) is 14.4. The van der Waals surface area contributed by atoms with E-state index in [-0.39, 0.29) is 18.8 Å². The SMILES string of the molecule is COC(=O)COc1ccc(CC(C)N2CC(c3csc(C)n3)OC2C(=O)OC)cc1. The fraction of sp³-hybridized carbons (Fsp3) is 0.476. The minimum atomic E-state index is -0.764. The summed E-state index contributed by atoms with van der Waals surface area (Å²) < 4.78 is 20.9. The van der Waals surface area contributed by atoms with Crippen LogP contribution in [-0.4, -0.2) is 61.5 Å². The highest BCUT2D eigenvalue weighted by molar-refractivity contribution is 7.09. The van der Waals surface area contributed by atoms with Gasteiger partial charge in [-0.3, -0.25) is 4.90 Å². The van der Waals surface area contributed by atoms with E-state index in [0.29, 0.717) is 18.7 Å². The number of benzene rings is 1. The van der Waals surface area contributed by atoms with Gasteiger partial charge in [0.1, 0.15) is 11.9 Å². The minimum absolute atomic E-state index is 0.0284. The van der Waals surface area contributed by atoms with Crippen LogP contribution in [0.25, 0.3) is 0 Å². The number of esters is 2. The summed E-state index contributed by atoms with van der Waals surface area (Å²) in [6.45, 7) is 4.43. The van der Waals surface area contributed by atoms with E-state index in [1.54, 1.807) is 11.3 Å². The van der Waals surface area contributed by atoms with Crippen molar-refractivity contribution in [2.24, 2.45) is 0 Å². The molecule has 1 aliphatic heterocycles. The van der Waals surface area contributed by atoms with Gasteiger partial charge in [-0.1, -0.05) is 12.1 Å². The molecule has 3 atom stereocenters. The van der Waals surface area contributed by atoms with Crippen molar-refractivity contribution in [3.05, 3.63) is 45.9 Å². The molecule has 0 saturated carbocycles. The summed E-state index contributed by atoms with van der Waals surface area (Å²) in [5.41, 5.74) is 1.91. The van der Waals surface area contributed by atoms with Gasteiger partial charge in [0.2, 0.25) is 6.23 Å². The first-order valence-corrected chi connectivity index (χ1v) is 10.5. The molecule has 2 heterocycles. The second kappa shape index (κ2) is 10.0. The number of thiazole rings is 1. The molecule has 0 spiro atoms. The molecular weight excluding hydrogens is 408 g/mol. The average Bonchev–Trinajstić information content (AvgIpc) is 3.39. The third-order valence-electron chi connectivity index (χ3n) is 4.95. The Morgan fingerprint density at radius 2 is 2.00 bits per heavy atom. The number of hydrogen-bond acceptors (Lipinski definition) is 9. The predicted molar refractivity (Wildman–Crippen MR) is 110 cm³/mol. The molecule has 1 saturated heterocycles. The van der Waals surface area contributed by atoms with E-state index in [4.69, 9.17) is 14.2 Å². The molecule has 1 aromatic heterocycles. The third kappa shape index (κ3) is 5.35. The summed E-state index contributed by atoms with van der Waals surface area (Å²) in [5.74, 6) is -0.254. The molecule has 8 nitrogen and oxygen atoms in total. The van der Waals surface area contributed by atoms with Crippen molar-refractivity contribution in [1.82, 2.24) is 9.88 Å². The zero-order valence-electron chi connectivity index (χ0n) is 17.5. The number of carbonyl (C=O) groups is 2. The van der Waals surface area contributed by atoms with Gasteiger partial charge in [-0.2, -0.15) is 0 Å². The van der Waals surface area contributed by atoms with Crippen molar-refractivity contribution in [1.29, 1.82) is 0 Å². The van der Waals surface area contributed by atoms with E-state index in [2.05, 4.69) is 16.6 Å². The second-order valence-corrected chi connectivity index (χ2v) is 8.11. The molecule has 0 amide bonds. The number of hydrogen-bond donors (Lipinski definition) is 0. The summed E-state index contributed by atoms with van der Waals surface area (Å²) >= 11 is 1.56. The number of aromatic nitrogens is 1. The van der Waals surface area contributed by atoms with Crippen molar-refractivity contribution in [2.75, 3.05) is 27.4 Å². The summed E-state index contributed by atoms with van der Waals surface area (Å²) in [5, 5.41) is 2.93. The molecule has 9 heteroatoms. The van der Waals surface area contributed by atoms with Crippen molar-refractivity contribution in [2.45, 2.75) is 38.6 Å². The fourth-order valence-corrected chi connectivity index (χ4v) is 3.99. The number of aryl methyl sites for hydroxylation is 1. The molecule has 3 rings (SSSR count). The normalized spacial score (nSPS) is 20.0. The highest BCUT2D eigenvalue weighted by Crippen LogP contribution is 2.32. The molecule has 1 aliphatic rings. The third-order valence-corrected chi connectivity index (χ3v) is 5.74. The lowest BCUT2D eigenvalue weighted by atomic mass is 10.1. The first-order valence-electron chi connectivity index (χ1n) is 9.61. The van der Waals surface area contributed by atoms with Gasteiger partial charge >= 0.3 is 11.9 Å². The van der Waals surface area contributed by atoms with Crippen molar-refractivity contribution >= 4 is 23.3 Å². The smallest absolute Gasteiger partial charge is 0.350 e. The number of rotatable bonds is 8. The fourth-order valence-electron chi connectivity index (χ4n) is 3.34. The molecule has 30 heavy (non-hydrogen) atoms. The maximum Gasteiger partial charge on any atom is 0.350 e. The second-order valence-electron chi connectivity index (χ2n) is 7.05. The Hall–Kier alpha value is -2.49. The van der Waals surface area contributed by atoms with Crippen LogP contribution in [-0.2, 0) is 30.2 Å². The number of nitrogens with zero attached hydrogens (tertiary/aromatic N) is 2. The molecule has 162 valence electrons. The average molecular weight is 435 g/mol. The Kier molecular flexibility index (Phi) is 7.41. The van der Waals surface area contributed by atoms with Gasteiger partial charge in [-0.25, -0.2) is 14.6 Å². The van der Waals surface area contributed by atoms with Crippen LogP contribution in [0.4, 0.5) is 0 Å². The Labute approximate surface area is 179 Å². The lowest BCUT2D eigenvalue weighted by Crippen LogP contribution is -2.44. The van der Waals surface area contributed by atoms with E-state index >= 15 is 0 Å². The van der Waals surface area contributed by atoms with Crippen LogP contribution >= 0.6 is 11.3 Å². The monoisotopic (exact) mass is 434 g/mol. The van der Waals surface area contributed by atoms with Crippen LogP contribution in [0.1, 0.15) is 29.3 Å². The molecule has 0 N–H and O–H groups in total. The largest absolute Gasteiger partial charge is 0.482 e. The van der Waals surface area contributed by atoms with E-state index in [1.165, 1.54) is 14.2 Å². The highest BCUT2D eigenvalue weighted by atomic mass is 32.1. The molecular formula is C21H26N2O6S. The number of carbonyl (C=O) groups excluding carboxylic acids is 2. The maximum atomic E-state index is 12.3. The van der Waals surface area contributed by atoms with E-state index in [9.17, 15) is 9.59 Å². The Bertz CT molecular complexity index is 869. The van der Waals surface area contributed by atoms with Crippen LogP contribution in [0.2, 0.25) is 0 Å². The molecule has 2 aromatic rings. The van der Waals surface area contributed by atoms with Crippen LogP contribution in [0.15, 0.2) is 29.6 Å². The van der Waals surface area contributed by atoms with Crippen LogP contribution in [0, 0.1) is 6.92 Å². The van der Waals surface area contributed by atoms with E-state index in [1.807, 2.05) is 41.5 Å². The quantitative estimate of drug-likeness (QED) is 0.586. The first kappa shape index (κ1) is 22.2. The summed E-state index contributed by atoms with van der Waals surface area (Å²) in [6.07, 6.45) is -0.327. The van der Waals surface area contributed by atoms with Crippen LogP contribution < -0.4 is 4.74 Å². The zero-order chi connectivity index (χ0) is 21.7. The Balaban J connectivity index is 1.65. The molecule has 0 radical (unpaired) electrons.